The minimum atomic E-state index is -0.0622. The average molecular weight is 402 g/mol. The number of likely N-dealkylation sites (tertiary alicyclic amines) is 1. The Bertz CT molecular complexity index is 615. The molecule has 0 saturated carbocycles. The lowest BCUT2D eigenvalue weighted by Crippen LogP contribution is -2.40. The van der Waals surface area contributed by atoms with Crippen LogP contribution < -0.4 is 10.6 Å². The van der Waals surface area contributed by atoms with Gasteiger partial charge in [-0.25, -0.2) is 0 Å². The van der Waals surface area contributed by atoms with Gasteiger partial charge in [-0.3, -0.25) is 9.59 Å². The van der Waals surface area contributed by atoms with Gasteiger partial charge in [0, 0.05) is 25.2 Å². The number of halogens is 2. The molecule has 1 saturated heterocycles. The van der Waals surface area contributed by atoms with Gasteiger partial charge in [0.25, 0.3) is 5.91 Å². The first-order chi connectivity index (χ1) is 11.9. The van der Waals surface area contributed by atoms with Crippen LogP contribution in [0, 0.1) is 11.8 Å². The third-order valence-electron chi connectivity index (χ3n) is 4.47. The predicted molar refractivity (Wildman–Crippen MR) is 109 cm³/mol. The molecule has 0 atom stereocenters. The second kappa shape index (κ2) is 10.8. The molecule has 0 aromatic heterocycles. The maximum Gasteiger partial charge on any atom is 0.255 e. The van der Waals surface area contributed by atoms with E-state index in [2.05, 4.69) is 10.6 Å². The van der Waals surface area contributed by atoms with Crippen molar-refractivity contribution in [1.82, 2.24) is 10.2 Å². The number of hydrogen-bond acceptors (Lipinski definition) is 3. The molecule has 1 fully saturated rings. The van der Waals surface area contributed by atoms with Crippen molar-refractivity contribution < 1.29 is 9.59 Å². The van der Waals surface area contributed by atoms with Crippen LogP contribution in [0.5, 0.6) is 0 Å². The molecule has 1 aromatic carbocycles. The molecule has 2 amide bonds. The van der Waals surface area contributed by atoms with Crippen LogP contribution in [0.3, 0.4) is 0 Å². The lowest BCUT2D eigenvalue weighted by molar-refractivity contribution is -0.116. The molecule has 26 heavy (non-hydrogen) atoms. The van der Waals surface area contributed by atoms with Crippen molar-refractivity contribution >= 4 is 41.5 Å². The van der Waals surface area contributed by atoms with Gasteiger partial charge in [-0.2, -0.15) is 0 Å². The number of carbonyl (C=O) groups excluding carboxylic acids is 2. The van der Waals surface area contributed by atoms with Crippen LogP contribution >= 0.6 is 24.0 Å². The van der Waals surface area contributed by atoms with Crippen LogP contribution in [0.15, 0.2) is 18.2 Å². The minimum Gasteiger partial charge on any atom is -0.339 e. The highest BCUT2D eigenvalue weighted by molar-refractivity contribution is 6.34. The number of rotatable bonds is 6. The zero-order chi connectivity index (χ0) is 18.4. The topological polar surface area (TPSA) is 61.4 Å². The number of nitrogens with zero attached hydrogens (tertiary/aromatic N) is 1. The molecule has 1 aliphatic heterocycles. The number of amides is 2. The first-order valence-corrected chi connectivity index (χ1v) is 9.31. The molecule has 0 spiro atoms. The highest BCUT2D eigenvalue weighted by atomic mass is 35.5. The number of benzene rings is 1. The summed E-state index contributed by atoms with van der Waals surface area (Å²) >= 11 is 6.24. The van der Waals surface area contributed by atoms with E-state index in [0.29, 0.717) is 28.6 Å². The highest BCUT2D eigenvalue weighted by Gasteiger charge is 2.24. The Morgan fingerprint density at radius 3 is 2.50 bits per heavy atom. The molecule has 7 heteroatoms. The third kappa shape index (κ3) is 6.45. The Morgan fingerprint density at radius 1 is 1.27 bits per heavy atom. The van der Waals surface area contributed by atoms with E-state index in [0.717, 1.165) is 32.5 Å². The molecule has 2 rings (SSSR count). The summed E-state index contributed by atoms with van der Waals surface area (Å²) in [6.07, 6.45) is 2.44. The summed E-state index contributed by atoms with van der Waals surface area (Å²) in [6, 6.07) is 5.09. The summed E-state index contributed by atoms with van der Waals surface area (Å²) in [4.78, 5) is 26.6. The number of piperidine rings is 1. The Hall–Kier alpha value is -1.30. The SMILES string of the molecule is CNCC1CCN(C(=O)c2cc(NC(=O)CC(C)C)ccc2Cl)CC1.Cl. The van der Waals surface area contributed by atoms with E-state index < -0.39 is 0 Å². The number of hydrogen-bond donors (Lipinski definition) is 2. The zero-order valence-electron chi connectivity index (χ0n) is 15.7. The second-order valence-corrected chi connectivity index (χ2v) is 7.54. The first-order valence-electron chi connectivity index (χ1n) is 8.94. The number of nitrogens with one attached hydrogen (secondary N) is 2. The summed E-state index contributed by atoms with van der Waals surface area (Å²) in [6.45, 7) is 6.46. The van der Waals surface area contributed by atoms with Crippen molar-refractivity contribution in [2.45, 2.75) is 33.1 Å². The normalized spacial score (nSPS) is 14.9. The summed E-state index contributed by atoms with van der Waals surface area (Å²) in [5, 5.41) is 6.46. The Morgan fingerprint density at radius 2 is 1.92 bits per heavy atom. The second-order valence-electron chi connectivity index (χ2n) is 7.13. The average Bonchev–Trinajstić information content (AvgIpc) is 2.56. The molecule has 1 aromatic rings. The summed E-state index contributed by atoms with van der Waals surface area (Å²) in [7, 11) is 1.95. The van der Waals surface area contributed by atoms with Gasteiger partial charge in [0.1, 0.15) is 0 Å². The Balaban J connectivity index is 0.00000338. The van der Waals surface area contributed by atoms with Gasteiger partial charge < -0.3 is 15.5 Å². The van der Waals surface area contributed by atoms with Crippen molar-refractivity contribution in [1.29, 1.82) is 0 Å². The number of carbonyl (C=O) groups is 2. The van der Waals surface area contributed by atoms with E-state index in [1.807, 2.05) is 25.8 Å². The van der Waals surface area contributed by atoms with Gasteiger partial charge in [0.2, 0.25) is 5.91 Å². The Labute approximate surface area is 167 Å². The molecule has 5 nitrogen and oxygen atoms in total. The van der Waals surface area contributed by atoms with Gasteiger partial charge in [-0.1, -0.05) is 25.4 Å². The molecule has 1 aliphatic rings. The van der Waals surface area contributed by atoms with Gasteiger partial charge in [0.05, 0.1) is 10.6 Å². The maximum atomic E-state index is 12.8. The van der Waals surface area contributed by atoms with E-state index in [1.54, 1.807) is 18.2 Å². The van der Waals surface area contributed by atoms with Gasteiger partial charge in [-0.15, -0.1) is 12.4 Å². The van der Waals surface area contributed by atoms with Crippen LogP contribution in [0.4, 0.5) is 5.69 Å². The number of anilines is 1. The predicted octanol–water partition coefficient (Wildman–Crippen LogP) is 3.82. The fourth-order valence-electron chi connectivity index (χ4n) is 3.15. The van der Waals surface area contributed by atoms with Gasteiger partial charge >= 0.3 is 0 Å². The maximum absolute atomic E-state index is 12.8. The fourth-order valence-corrected chi connectivity index (χ4v) is 3.35. The quantitative estimate of drug-likeness (QED) is 0.761. The molecule has 0 radical (unpaired) electrons. The summed E-state index contributed by atoms with van der Waals surface area (Å²) < 4.78 is 0. The smallest absolute Gasteiger partial charge is 0.255 e. The lowest BCUT2D eigenvalue weighted by atomic mass is 9.96. The molecular formula is C19H29Cl2N3O2. The summed E-state index contributed by atoms with van der Waals surface area (Å²) in [5.74, 6) is 0.787. The summed E-state index contributed by atoms with van der Waals surface area (Å²) in [5.41, 5.74) is 1.07. The molecule has 2 N–H and O–H groups in total. The van der Waals surface area contributed by atoms with Crippen molar-refractivity contribution in [3.63, 3.8) is 0 Å². The molecule has 146 valence electrons. The third-order valence-corrected chi connectivity index (χ3v) is 4.80. The van der Waals surface area contributed by atoms with Crippen LogP contribution in [0.25, 0.3) is 0 Å². The molecule has 0 unspecified atom stereocenters. The zero-order valence-corrected chi connectivity index (χ0v) is 17.3. The molecule has 0 aliphatic carbocycles. The van der Waals surface area contributed by atoms with Crippen LogP contribution in [-0.4, -0.2) is 43.4 Å². The van der Waals surface area contributed by atoms with Crippen molar-refractivity contribution in [3.8, 4) is 0 Å². The Kier molecular flexibility index (Phi) is 9.41. The van der Waals surface area contributed by atoms with E-state index in [-0.39, 0.29) is 30.1 Å². The van der Waals surface area contributed by atoms with E-state index in [9.17, 15) is 9.59 Å². The lowest BCUT2D eigenvalue weighted by Gasteiger charge is -2.32. The van der Waals surface area contributed by atoms with Crippen LogP contribution in [-0.2, 0) is 4.79 Å². The van der Waals surface area contributed by atoms with E-state index >= 15 is 0 Å². The molecular weight excluding hydrogens is 373 g/mol. The largest absolute Gasteiger partial charge is 0.339 e. The van der Waals surface area contributed by atoms with E-state index in [1.165, 1.54) is 0 Å². The van der Waals surface area contributed by atoms with Crippen molar-refractivity contribution in [2.75, 3.05) is 32.0 Å². The van der Waals surface area contributed by atoms with Gasteiger partial charge in [0.15, 0.2) is 0 Å². The standard InChI is InChI=1S/C19H28ClN3O2.ClH/c1-13(2)10-18(24)22-15-4-5-17(20)16(11-15)19(25)23-8-6-14(7-9-23)12-21-3;/h4-5,11,13-14,21H,6-10,12H2,1-3H3,(H,22,24);1H. The van der Waals surface area contributed by atoms with E-state index in [4.69, 9.17) is 11.6 Å². The fraction of sp³-hybridized carbons (Fsp3) is 0.579. The molecule has 1 heterocycles. The monoisotopic (exact) mass is 401 g/mol. The van der Waals surface area contributed by atoms with Crippen LogP contribution in [0.2, 0.25) is 5.02 Å². The minimum absolute atomic E-state index is 0. The first kappa shape index (κ1) is 22.7. The van der Waals surface area contributed by atoms with Gasteiger partial charge in [-0.05, 0) is 56.5 Å². The highest BCUT2D eigenvalue weighted by Crippen LogP contribution is 2.25. The van der Waals surface area contributed by atoms with Crippen molar-refractivity contribution in [2.24, 2.45) is 11.8 Å². The van der Waals surface area contributed by atoms with Crippen molar-refractivity contribution in [3.05, 3.63) is 28.8 Å². The molecule has 0 bridgehead atoms. The van der Waals surface area contributed by atoms with Crippen LogP contribution in [0.1, 0.15) is 43.5 Å².